The second-order valence-electron chi connectivity index (χ2n) is 6.66. The van der Waals surface area contributed by atoms with Crippen LogP contribution in [-0.4, -0.2) is 12.8 Å². The van der Waals surface area contributed by atoms with Gasteiger partial charge in [-0.25, -0.2) is 0 Å². The van der Waals surface area contributed by atoms with Gasteiger partial charge in [0.05, 0.1) is 0 Å². The molecule has 122 valence electrons. The van der Waals surface area contributed by atoms with Crippen LogP contribution >= 0.6 is 0 Å². The third-order valence-corrected chi connectivity index (χ3v) is 3.77. The van der Waals surface area contributed by atoms with Crippen molar-refractivity contribution in [2.24, 2.45) is 5.73 Å². The third kappa shape index (κ3) is 4.89. The van der Waals surface area contributed by atoms with Crippen molar-refractivity contribution in [3.63, 3.8) is 0 Å². The van der Waals surface area contributed by atoms with E-state index in [9.17, 15) is 0 Å². The number of nitrogens with one attached hydrogen (secondary N) is 1. The molecule has 0 amide bonds. The number of nitrogens with two attached hydrogens (primary N) is 1. The normalized spacial score (nSPS) is 11.3. The van der Waals surface area contributed by atoms with Gasteiger partial charge in [-0.15, -0.1) is 0 Å². The van der Waals surface area contributed by atoms with Crippen LogP contribution in [0.5, 0.6) is 0 Å². The van der Waals surface area contributed by atoms with Gasteiger partial charge < -0.3 is 0 Å². The Morgan fingerprint density at radius 2 is 1.62 bits per heavy atom. The van der Waals surface area contributed by atoms with Crippen molar-refractivity contribution in [1.29, 1.82) is 5.26 Å². The van der Waals surface area contributed by atoms with Crippen LogP contribution in [-0.2, 0) is 16.6 Å². The van der Waals surface area contributed by atoms with E-state index in [1.165, 1.54) is 30.1 Å². The molecule has 0 saturated carbocycles. The molecule has 0 aromatic heterocycles. The van der Waals surface area contributed by atoms with Gasteiger partial charge in [0.1, 0.15) is 0 Å². The molecule has 24 heavy (non-hydrogen) atoms. The summed E-state index contributed by atoms with van der Waals surface area (Å²) in [6.45, 7) is 7.21. The predicted octanol–water partition coefficient (Wildman–Crippen LogP) is 2.90. The van der Waals surface area contributed by atoms with E-state index >= 15 is 0 Å². The van der Waals surface area contributed by atoms with Gasteiger partial charge >= 0.3 is 123 Å². The van der Waals surface area contributed by atoms with Crippen LogP contribution in [0.3, 0.4) is 0 Å². The zero-order valence-electron chi connectivity index (χ0n) is 14.3. The molecular weight excluding hydrogens is 297 g/mol. The number of rotatable bonds is 5. The zero-order chi connectivity index (χ0) is 17.6. The maximum atomic E-state index is 8.30. The molecule has 0 saturated heterocycles. The molecular formula is C19H22BN3O. The monoisotopic (exact) mass is 319 g/mol. The van der Waals surface area contributed by atoms with Gasteiger partial charge in [0.25, 0.3) is 0 Å². The van der Waals surface area contributed by atoms with E-state index < -0.39 is 0 Å². The van der Waals surface area contributed by atoms with Crippen molar-refractivity contribution in [1.82, 2.24) is 5.32 Å². The minimum atomic E-state index is 0.163. The van der Waals surface area contributed by atoms with Gasteiger partial charge in [-0.05, 0) is 0 Å². The Morgan fingerprint density at radius 3 is 2.12 bits per heavy atom. The molecule has 2 aromatic rings. The van der Waals surface area contributed by atoms with Gasteiger partial charge in [-0.2, -0.15) is 0 Å². The average molecular weight is 319 g/mol. The van der Waals surface area contributed by atoms with Crippen molar-refractivity contribution < 1.29 is 4.65 Å². The summed E-state index contributed by atoms with van der Waals surface area (Å²) in [6.07, 6.45) is 1.54. The fourth-order valence-electron chi connectivity index (χ4n) is 2.31. The second-order valence-corrected chi connectivity index (χ2v) is 6.66. The number of nitriles is 1. The molecule has 0 bridgehead atoms. The third-order valence-electron chi connectivity index (χ3n) is 3.77. The number of nitrogens with zero attached hydrogens (tertiary/aromatic N) is 1. The van der Waals surface area contributed by atoms with Crippen molar-refractivity contribution in [2.45, 2.75) is 32.7 Å². The van der Waals surface area contributed by atoms with E-state index in [4.69, 9.17) is 11.0 Å². The Kier molecular flexibility index (Phi) is 5.65. The SMILES string of the molecule is CC(C)(C)c1ccc(-c2ccc(CNC(N)=BOC#N)cc2)cc1. The van der Waals surface area contributed by atoms with E-state index in [1.807, 2.05) is 0 Å². The Bertz CT molecular complexity index is 738. The fourth-order valence-corrected chi connectivity index (χ4v) is 2.31. The van der Waals surface area contributed by atoms with E-state index in [1.54, 1.807) is 0 Å². The Balaban J connectivity index is 2.03. The van der Waals surface area contributed by atoms with Crippen LogP contribution in [0.4, 0.5) is 0 Å². The molecule has 0 radical (unpaired) electrons. The average Bonchev–Trinajstić information content (AvgIpc) is 2.58. The van der Waals surface area contributed by atoms with Crippen LogP contribution in [0.1, 0.15) is 31.9 Å². The Morgan fingerprint density at radius 1 is 1.08 bits per heavy atom. The summed E-state index contributed by atoms with van der Waals surface area (Å²) in [5.74, 6) is 0. The van der Waals surface area contributed by atoms with Gasteiger partial charge in [0.15, 0.2) is 0 Å². The van der Waals surface area contributed by atoms with Crippen molar-refractivity contribution in [3.05, 3.63) is 59.7 Å². The quantitative estimate of drug-likeness (QED) is 0.657. The van der Waals surface area contributed by atoms with Crippen molar-refractivity contribution in [2.75, 3.05) is 0 Å². The first kappa shape index (κ1) is 17.6. The van der Waals surface area contributed by atoms with Crippen molar-refractivity contribution in [3.8, 4) is 17.4 Å². The molecule has 0 fully saturated rings. The van der Waals surface area contributed by atoms with Crippen LogP contribution in [0, 0.1) is 11.5 Å². The van der Waals surface area contributed by atoms with E-state index in [0.29, 0.717) is 12.3 Å². The van der Waals surface area contributed by atoms with Crippen LogP contribution in [0.15, 0.2) is 48.5 Å². The number of benzene rings is 2. The molecule has 0 heterocycles. The summed E-state index contributed by atoms with van der Waals surface area (Å²) < 4.78 is 4.45. The fraction of sp³-hybridized carbons (Fsp3) is 0.263. The molecule has 5 heteroatoms. The summed E-state index contributed by atoms with van der Waals surface area (Å²) in [5, 5.41) is 11.3. The van der Waals surface area contributed by atoms with E-state index in [-0.39, 0.29) is 5.41 Å². The first-order valence-electron chi connectivity index (χ1n) is 7.84. The molecule has 3 N–H and O–H groups in total. The first-order chi connectivity index (χ1) is 11.4. The first-order valence-corrected chi connectivity index (χ1v) is 7.84. The molecule has 2 rings (SSSR count). The number of hydrogen-bond donors (Lipinski definition) is 2. The zero-order valence-corrected chi connectivity index (χ0v) is 14.3. The molecule has 0 aliphatic rings. The molecule has 0 spiro atoms. The van der Waals surface area contributed by atoms with Crippen LogP contribution in [0.2, 0.25) is 0 Å². The minimum absolute atomic E-state index is 0.163. The van der Waals surface area contributed by atoms with Gasteiger partial charge in [0.2, 0.25) is 0 Å². The van der Waals surface area contributed by atoms with E-state index in [0.717, 1.165) is 5.56 Å². The topological polar surface area (TPSA) is 71.1 Å². The Labute approximate surface area is 144 Å². The standard InChI is InChI=1S/C19H22BN3O/c1-19(2,3)17-10-8-16(9-11-17)15-6-4-14(5-7-15)12-23-18(22)20-24-13-21/h4-11,23H,12,22H2,1-3H3. The van der Waals surface area contributed by atoms with Crippen molar-refractivity contribution >= 4 is 12.8 Å². The predicted molar refractivity (Wildman–Crippen MR) is 99.1 cm³/mol. The summed E-state index contributed by atoms with van der Waals surface area (Å²) in [5.41, 5.74) is 10.9. The summed E-state index contributed by atoms with van der Waals surface area (Å²) in [6, 6.07) is 17.0. The van der Waals surface area contributed by atoms with Gasteiger partial charge in [-0.3, -0.25) is 0 Å². The molecule has 0 atom stereocenters. The molecule has 0 unspecified atom stereocenters. The molecule has 0 aliphatic carbocycles. The Hall–Kier alpha value is -2.74. The summed E-state index contributed by atoms with van der Waals surface area (Å²) >= 11 is 0. The molecule has 2 aromatic carbocycles. The second kappa shape index (κ2) is 7.69. The summed E-state index contributed by atoms with van der Waals surface area (Å²) in [4.78, 5) is 0. The number of hydrogen-bond acceptors (Lipinski definition) is 4. The molecule has 4 nitrogen and oxygen atoms in total. The van der Waals surface area contributed by atoms with Gasteiger partial charge in [0, 0.05) is 0 Å². The summed E-state index contributed by atoms with van der Waals surface area (Å²) in [7, 11) is 1.19. The van der Waals surface area contributed by atoms with Crippen LogP contribution in [0.25, 0.3) is 11.1 Å². The van der Waals surface area contributed by atoms with Gasteiger partial charge in [-0.1, -0.05) is 20.8 Å². The maximum absolute atomic E-state index is 8.30. The molecule has 0 aliphatic heterocycles. The van der Waals surface area contributed by atoms with E-state index in [2.05, 4.69) is 79.3 Å². The van der Waals surface area contributed by atoms with Crippen LogP contribution < -0.4 is 11.1 Å².